The fourth-order valence-corrected chi connectivity index (χ4v) is 4.82. The van der Waals surface area contributed by atoms with Crippen molar-refractivity contribution < 1.29 is 14.3 Å². The Balaban J connectivity index is 1.49. The van der Waals surface area contributed by atoms with Crippen LogP contribution in [-0.4, -0.2) is 78.1 Å². The highest BCUT2D eigenvalue weighted by molar-refractivity contribution is 5.69. The number of amides is 1. The lowest BCUT2D eigenvalue weighted by molar-refractivity contribution is -0.00404. The van der Waals surface area contributed by atoms with Crippen LogP contribution in [0.15, 0.2) is 6.20 Å². The summed E-state index contributed by atoms with van der Waals surface area (Å²) in [6.45, 7) is 7.00. The molecule has 2 saturated carbocycles. The summed E-state index contributed by atoms with van der Waals surface area (Å²) >= 11 is 0. The molecule has 1 unspecified atom stereocenters. The number of carbonyl (C=O) groups is 1. The maximum atomic E-state index is 13.2. The maximum Gasteiger partial charge on any atom is 0.410 e. The molecule has 12 heteroatoms. The van der Waals surface area contributed by atoms with Crippen molar-refractivity contribution in [3.8, 4) is 0 Å². The van der Waals surface area contributed by atoms with E-state index in [4.69, 9.17) is 9.47 Å². The number of carbonyl (C=O) groups excluding carboxylic acids is 1. The first-order chi connectivity index (χ1) is 16.3. The predicted molar refractivity (Wildman–Crippen MR) is 121 cm³/mol. The number of hydrogen-bond acceptors (Lipinski definition) is 9. The third-order valence-electron chi connectivity index (χ3n) is 6.67. The van der Waals surface area contributed by atoms with Crippen LogP contribution in [-0.2, 0) is 21.6 Å². The van der Waals surface area contributed by atoms with Gasteiger partial charge in [0.1, 0.15) is 11.1 Å². The molecule has 2 aliphatic carbocycles. The molecule has 186 valence electrons. The third-order valence-corrected chi connectivity index (χ3v) is 6.67. The number of rotatable bonds is 9. The van der Waals surface area contributed by atoms with Crippen LogP contribution in [0.2, 0.25) is 0 Å². The zero-order valence-corrected chi connectivity index (χ0v) is 20.5. The van der Waals surface area contributed by atoms with Crippen LogP contribution in [0.1, 0.15) is 82.9 Å². The van der Waals surface area contributed by atoms with Gasteiger partial charge in [-0.3, -0.25) is 5.32 Å². The number of hydrogen-bond donors (Lipinski definition) is 1. The van der Waals surface area contributed by atoms with E-state index in [0.717, 1.165) is 44.2 Å². The SMILES string of the molecule is COCC(NCc1cn(C2CC2)nn1)(c1nnnn1C1CC1)[C@H]1CCCN1C(=O)OC(C)(C)C. The molecule has 0 aromatic carbocycles. The second-order valence-electron chi connectivity index (χ2n) is 10.7. The smallest absolute Gasteiger partial charge is 0.410 e. The summed E-state index contributed by atoms with van der Waals surface area (Å²) in [5, 5.41) is 25.2. The van der Waals surface area contributed by atoms with E-state index in [1.165, 1.54) is 0 Å². The topological polar surface area (TPSA) is 125 Å². The highest BCUT2D eigenvalue weighted by Gasteiger charge is 2.52. The summed E-state index contributed by atoms with van der Waals surface area (Å²) in [4.78, 5) is 15.0. The number of tetrazole rings is 1. The van der Waals surface area contributed by atoms with Crippen molar-refractivity contribution in [2.45, 2.75) is 95.1 Å². The number of likely N-dealkylation sites (tertiary alicyclic amines) is 1. The van der Waals surface area contributed by atoms with Gasteiger partial charge < -0.3 is 14.4 Å². The van der Waals surface area contributed by atoms with E-state index in [-0.39, 0.29) is 18.2 Å². The minimum absolute atomic E-state index is 0.246. The number of ether oxygens (including phenoxy) is 2. The van der Waals surface area contributed by atoms with Gasteiger partial charge >= 0.3 is 6.09 Å². The first kappa shape index (κ1) is 23.2. The Labute approximate surface area is 199 Å². The molecule has 0 radical (unpaired) electrons. The highest BCUT2D eigenvalue weighted by Crippen LogP contribution is 2.41. The standard InChI is InChI=1S/C22H35N9O3/c1-21(2,3)34-20(32)29-11-5-6-18(29)22(14-33-4,19-25-26-28-31(19)17-9-10-17)23-12-15-13-30(27-24-15)16-7-8-16/h13,16-18,23H,5-12,14H2,1-4H3/t18-,22?/m1/s1. The van der Waals surface area contributed by atoms with Gasteiger partial charge in [-0.2, -0.15) is 0 Å². The molecule has 1 aliphatic heterocycles. The second kappa shape index (κ2) is 8.88. The van der Waals surface area contributed by atoms with Gasteiger partial charge in [-0.1, -0.05) is 5.21 Å². The monoisotopic (exact) mass is 473 g/mol. The summed E-state index contributed by atoms with van der Waals surface area (Å²) in [7, 11) is 1.66. The van der Waals surface area contributed by atoms with E-state index in [1.54, 1.807) is 7.11 Å². The predicted octanol–water partition coefficient (Wildman–Crippen LogP) is 1.97. The van der Waals surface area contributed by atoms with Crippen LogP contribution in [0.3, 0.4) is 0 Å². The Morgan fingerprint density at radius 3 is 2.56 bits per heavy atom. The van der Waals surface area contributed by atoms with Gasteiger partial charge in [0, 0.05) is 20.2 Å². The van der Waals surface area contributed by atoms with Crippen molar-refractivity contribution in [2.24, 2.45) is 0 Å². The van der Waals surface area contributed by atoms with E-state index < -0.39 is 11.1 Å². The van der Waals surface area contributed by atoms with E-state index in [9.17, 15) is 4.79 Å². The van der Waals surface area contributed by atoms with Crippen molar-refractivity contribution in [2.75, 3.05) is 20.3 Å². The Morgan fingerprint density at radius 1 is 1.12 bits per heavy atom. The van der Waals surface area contributed by atoms with Gasteiger partial charge in [-0.25, -0.2) is 14.2 Å². The molecule has 34 heavy (non-hydrogen) atoms. The van der Waals surface area contributed by atoms with Crippen LogP contribution in [0.5, 0.6) is 0 Å². The van der Waals surface area contributed by atoms with Crippen LogP contribution < -0.4 is 5.32 Å². The summed E-state index contributed by atoms with van der Waals surface area (Å²) in [5.41, 5.74) is -0.588. The average molecular weight is 474 g/mol. The molecule has 1 amide bonds. The van der Waals surface area contributed by atoms with Crippen LogP contribution in [0, 0.1) is 0 Å². The molecule has 12 nitrogen and oxygen atoms in total. The van der Waals surface area contributed by atoms with Crippen LogP contribution in [0.4, 0.5) is 4.79 Å². The van der Waals surface area contributed by atoms with E-state index >= 15 is 0 Å². The van der Waals surface area contributed by atoms with E-state index in [1.807, 2.05) is 41.2 Å². The van der Waals surface area contributed by atoms with Crippen molar-refractivity contribution in [3.05, 3.63) is 17.7 Å². The summed E-state index contributed by atoms with van der Waals surface area (Å²) in [5.74, 6) is 0.687. The minimum Gasteiger partial charge on any atom is -0.444 e. The number of nitrogens with zero attached hydrogens (tertiary/aromatic N) is 8. The summed E-state index contributed by atoms with van der Waals surface area (Å²) < 4.78 is 15.4. The summed E-state index contributed by atoms with van der Waals surface area (Å²) in [6.07, 6.45) is 7.67. The van der Waals surface area contributed by atoms with Gasteiger partial charge in [0.25, 0.3) is 0 Å². The zero-order chi connectivity index (χ0) is 23.9. The fourth-order valence-electron chi connectivity index (χ4n) is 4.82. The number of nitrogens with one attached hydrogen (secondary N) is 1. The maximum absolute atomic E-state index is 13.2. The molecule has 0 bridgehead atoms. The van der Waals surface area contributed by atoms with Gasteiger partial charge in [0.05, 0.1) is 36.6 Å². The number of aromatic nitrogens is 7. The normalized spacial score (nSPS) is 22.7. The Hall–Kier alpha value is -2.60. The lowest BCUT2D eigenvalue weighted by Crippen LogP contribution is -2.61. The number of methoxy groups -OCH3 is 1. The third kappa shape index (κ3) is 4.65. The highest BCUT2D eigenvalue weighted by atomic mass is 16.6. The quantitative estimate of drug-likeness (QED) is 0.582. The van der Waals surface area contributed by atoms with Crippen LogP contribution >= 0.6 is 0 Å². The Morgan fingerprint density at radius 2 is 1.88 bits per heavy atom. The fraction of sp³-hybridized carbons (Fsp3) is 0.818. The van der Waals surface area contributed by atoms with Gasteiger partial charge in [-0.15, -0.1) is 10.2 Å². The molecule has 2 aromatic rings. The lowest BCUT2D eigenvalue weighted by Gasteiger charge is -2.42. The first-order valence-corrected chi connectivity index (χ1v) is 12.2. The molecule has 3 aliphatic rings. The van der Waals surface area contributed by atoms with Crippen molar-refractivity contribution >= 4 is 6.09 Å². The van der Waals surface area contributed by atoms with Gasteiger partial charge in [-0.05, 0) is 69.7 Å². The molecule has 0 spiro atoms. The van der Waals surface area contributed by atoms with Gasteiger partial charge in [0.2, 0.25) is 0 Å². The Kier molecular flexibility index (Phi) is 6.05. The van der Waals surface area contributed by atoms with E-state index in [2.05, 4.69) is 31.2 Å². The second-order valence-corrected chi connectivity index (χ2v) is 10.7. The largest absolute Gasteiger partial charge is 0.444 e. The van der Waals surface area contributed by atoms with Crippen LogP contribution in [0.25, 0.3) is 0 Å². The molecule has 2 atom stereocenters. The molecule has 3 fully saturated rings. The van der Waals surface area contributed by atoms with Crippen molar-refractivity contribution in [1.29, 1.82) is 0 Å². The summed E-state index contributed by atoms with van der Waals surface area (Å²) in [6, 6.07) is 0.490. The van der Waals surface area contributed by atoms with Gasteiger partial charge in [0.15, 0.2) is 5.82 Å². The minimum atomic E-state index is -0.836. The molecular formula is C22H35N9O3. The molecule has 1 N–H and O–H groups in total. The molecular weight excluding hydrogens is 438 g/mol. The molecule has 1 saturated heterocycles. The van der Waals surface area contributed by atoms with Crippen molar-refractivity contribution in [3.63, 3.8) is 0 Å². The molecule has 3 heterocycles. The first-order valence-electron chi connectivity index (χ1n) is 12.2. The average Bonchev–Trinajstić information content (AvgIpc) is 3.65. The zero-order valence-electron chi connectivity index (χ0n) is 20.5. The molecule has 5 rings (SSSR count). The Bertz CT molecular complexity index is 1010. The van der Waals surface area contributed by atoms with E-state index in [0.29, 0.717) is 31.6 Å². The lowest BCUT2D eigenvalue weighted by atomic mass is 9.87. The van der Waals surface area contributed by atoms with Crippen molar-refractivity contribution in [1.82, 2.24) is 45.4 Å². The molecule has 2 aromatic heterocycles.